The van der Waals surface area contributed by atoms with Gasteiger partial charge in [0.05, 0.1) is 26.4 Å². The van der Waals surface area contributed by atoms with Crippen LogP contribution in [0.5, 0.6) is 0 Å². The van der Waals surface area contributed by atoms with Gasteiger partial charge in [0, 0.05) is 25.7 Å². The molecular weight excluding hydrogens is 1260 g/mol. The minimum atomic E-state index is -4.96. The Morgan fingerprint density at radius 1 is 0.281 bits per heavy atom. The van der Waals surface area contributed by atoms with E-state index in [-0.39, 0.29) is 25.7 Å². The number of carbonyl (C=O) groups excluding carboxylic acids is 4. The van der Waals surface area contributed by atoms with Crippen molar-refractivity contribution in [2.75, 3.05) is 39.6 Å². The number of hydrogen-bond acceptors (Lipinski definition) is 15. The minimum Gasteiger partial charge on any atom is -0.462 e. The van der Waals surface area contributed by atoms with Crippen LogP contribution in [-0.4, -0.2) is 96.7 Å². The molecule has 2 unspecified atom stereocenters. The van der Waals surface area contributed by atoms with Crippen LogP contribution >= 0.6 is 15.6 Å². The SMILES string of the molecule is CCCCCCCCCCCCCCCCCCC(=O)OC[C@H](COP(=O)(O)OC[C@@H](O)COP(=O)(O)OC[C@@H](COC(=O)CCCCCCCCCCCC)OC(=O)CCCCCCCCCCCCCC(C)C)OC(=O)CCCCCCCCCCCCCCCC(C)C. The second-order valence-corrected chi connectivity index (χ2v) is 31.6. The second kappa shape index (κ2) is 68.8. The van der Waals surface area contributed by atoms with Gasteiger partial charge < -0.3 is 33.8 Å². The summed E-state index contributed by atoms with van der Waals surface area (Å²) in [6, 6.07) is 0. The van der Waals surface area contributed by atoms with Gasteiger partial charge in [-0.05, 0) is 37.5 Å². The Morgan fingerprint density at radius 2 is 0.479 bits per heavy atom. The van der Waals surface area contributed by atoms with Crippen molar-refractivity contribution in [3.05, 3.63) is 0 Å². The molecule has 0 aromatic rings. The van der Waals surface area contributed by atoms with Crippen molar-refractivity contribution in [2.24, 2.45) is 11.8 Å². The normalized spacial score (nSPS) is 14.0. The third kappa shape index (κ3) is 70.5. The molecule has 0 saturated heterocycles. The molecule has 0 aliphatic rings. The zero-order valence-corrected chi connectivity index (χ0v) is 64.5. The van der Waals surface area contributed by atoms with E-state index in [1.54, 1.807) is 0 Å². The lowest BCUT2D eigenvalue weighted by Gasteiger charge is -2.21. The maximum absolute atomic E-state index is 13.1. The maximum Gasteiger partial charge on any atom is 0.472 e. The van der Waals surface area contributed by atoms with Gasteiger partial charge in [0.25, 0.3) is 0 Å². The van der Waals surface area contributed by atoms with Crippen LogP contribution in [0.15, 0.2) is 0 Å². The molecule has 0 aromatic carbocycles. The number of hydrogen-bond donors (Lipinski definition) is 3. The molecule has 0 radical (unpaired) electrons. The number of rotatable bonds is 76. The van der Waals surface area contributed by atoms with Gasteiger partial charge in [0.1, 0.15) is 19.3 Å². The van der Waals surface area contributed by atoms with Crippen LogP contribution in [0.25, 0.3) is 0 Å². The topological polar surface area (TPSA) is 237 Å². The van der Waals surface area contributed by atoms with Crippen LogP contribution in [0.4, 0.5) is 0 Å². The Bertz CT molecular complexity index is 1860. The smallest absolute Gasteiger partial charge is 0.462 e. The lowest BCUT2D eigenvalue weighted by Crippen LogP contribution is -2.30. The Hall–Kier alpha value is -1.94. The highest BCUT2D eigenvalue weighted by atomic mass is 31.2. The van der Waals surface area contributed by atoms with Gasteiger partial charge in [-0.1, -0.05) is 350 Å². The van der Waals surface area contributed by atoms with Crippen molar-refractivity contribution >= 4 is 39.5 Å². The highest BCUT2D eigenvalue weighted by Gasteiger charge is 2.30. The fraction of sp³-hybridized carbons (Fsp3) is 0.948. The number of unbranched alkanes of at least 4 members (excludes halogenated alkanes) is 46. The fourth-order valence-corrected chi connectivity index (χ4v) is 13.4. The largest absolute Gasteiger partial charge is 0.472 e. The first-order chi connectivity index (χ1) is 46.4. The summed E-state index contributed by atoms with van der Waals surface area (Å²) < 4.78 is 68.6. The summed E-state index contributed by atoms with van der Waals surface area (Å²) in [6.45, 7) is 9.62. The molecule has 96 heavy (non-hydrogen) atoms. The number of phosphoric acid groups is 2. The average Bonchev–Trinajstić information content (AvgIpc) is 1.16. The molecule has 0 heterocycles. The van der Waals surface area contributed by atoms with Gasteiger partial charge in [-0.25, -0.2) is 9.13 Å². The van der Waals surface area contributed by atoms with Crippen molar-refractivity contribution in [2.45, 2.75) is 419 Å². The number of carbonyl (C=O) groups is 4. The quantitative estimate of drug-likeness (QED) is 0.0222. The van der Waals surface area contributed by atoms with Crippen LogP contribution in [0, 0.1) is 11.8 Å². The third-order valence-corrected chi connectivity index (χ3v) is 19.9. The molecule has 0 aliphatic heterocycles. The molecule has 0 saturated carbocycles. The zero-order chi connectivity index (χ0) is 70.7. The van der Waals surface area contributed by atoms with E-state index in [1.165, 1.54) is 218 Å². The molecule has 0 aliphatic carbocycles. The molecule has 0 rings (SSSR count). The van der Waals surface area contributed by atoms with E-state index in [4.69, 9.17) is 37.0 Å². The first kappa shape index (κ1) is 94.1. The van der Waals surface area contributed by atoms with E-state index in [0.29, 0.717) is 25.7 Å². The van der Waals surface area contributed by atoms with Gasteiger partial charge >= 0.3 is 39.5 Å². The zero-order valence-electron chi connectivity index (χ0n) is 62.7. The Labute approximate surface area is 588 Å². The summed E-state index contributed by atoms with van der Waals surface area (Å²) in [6.07, 6.45) is 56.7. The lowest BCUT2D eigenvalue weighted by atomic mass is 10.0. The number of aliphatic hydroxyl groups excluding tert-OH is 1. The van der Waals surface area contributed by atoms with Crippen molar-refractivity contribution in [3.63, 3.8) is 0 Å². The number of aliphatic hydroxyl groups is 1. The van der Waals surface area contributed by atoms with Gasteiger partial charge in [-0.3, -0.25) is 37.3 Å². The number of phosphoric ester groups is 2. The van der Waals surface area contributed by atoms with Crippen molar-refractivity contribution < 1.29 is 80.2 Å². The molecule has 0 amide bonds. The van der Waals surface area contributed by atoms with Crippen LogP contribution in [0.3, 0.4) is 0 Å². The van der Waals surface area contributed by atoms with E-state index in [1.807, 2.05) is 0 Å². The van der Waals surface area contributed by atoms with Crippen LogP contribution < -0.4 is 0 Å². The summed E-state index contributed by atoms with van der Waals surface area (Å²) >= 11 is 0. The molecule has 0 bridgehead atoms. The molecule has 0 aromatic heterocycles. The van der Waals surface area contributed by atoms with Crippen LogP contribution in [0.2, 0.25) is 0 Å². The van der Waals surface area contributed by atoms with Gasteiger partial charge in [0.15, 0.2) is 12.2 Å². The Balaban J connectivity index is 5.25. The summed E-state index contributed by atoms with van der Waals surface area (Å²) in [5.41, 5.74) is 0. The monoisotopic (exact) mass is 1410 g/mol. The molecule has 5 atom stereocenters. The molecule has 19 heteroatoms. The predicted molar refractivity (Wildman–Crippen MR) is 391 cm³/mol. The highest BCUT2D eigenvalue weighted by molar-refractivity contribution is 7.47. The van der Waals surface area contributed by atoms with Crippen molar-refractivity contribution in [3.8, 4) is 0 Å². The first-order valence-electron chi connectivity index (χ1n) is 40.0. The molecule has 0 spiro atoms. The van der Waals surface area contributed by atoms with Crippen molar-refractivity contribution in [1.29, 1.82) is 0 Å². The Morgan fingerprint density at radius 3 is 0.708 bits per heavy atom. The van der Waals surface area contributed by atoms with E-state index in [2.05, 4.69) is 41.5 Å². The summed E-state index contributed by atoms with van der Waals surface area (Å²) in [5.74, 6) is -0.561. The molecule has 570 valence electrons. The van der Waals surface area contributed by atoms with Crippen LogP contribution in [0.1, 0.15) is 401 Å². The van der Waals surface area contributed by atoms with Crippen molar-refractivity contribution in [1.82, 2.24) is 0 Å². The number of ether oxygens (including phenoxy) is 4. The van der Waals surface area contributed by atoms with Gasteiger partial charge in [-0.2, -0.15) is 0 Å². The summed E-state index contributed by atoms with van der Waals surface area (Å²) in [5, 5.41) is 10.6. The maximum atomic E-state index is 13.1. The summed E-state index contributed by atoms with van der Waals surface area (Å²) in [7, 11) is -9.91. The van der Waals surface area contributed by atoms with E-state index >= 15 is 0 Å². The fourth-order valence-electron chi connectivity index (χ4n) is 11.8. The first-order valence-corrected chi connectivity index (χ1v) is 43.0. The van der Waals surface area contributed by atoms with Gasteiger partial charge in [0.2, 0.25) is 0 Å². The molecule has 17 nitrogen and oxygen atoms in total. The third-order valence-electron chi connectivity index (χ3n) is 18.0. The minimum absolute atomic E-state index is 0.107. The molecular formula is C77H150O17P2. The highest BCUT2D eigenvalue weighted by Crippen LogP contribution is 2.45. The number of esters is 4. The lowest BCUT2D eigenvalue weighted by molar-refractivity contribution is -0.161. The molecule has 0 fully saturated rings. The van der Waals surface area contributed by atoms with E-state index in [9.17, 15) is 43.2 Å². The standard InChI is InChI=1S/C77H150O17P2/c1-7-9-11-13-15-17-19-20-21-22-25-30-36-42-48-54-60-75(80)88-66-73(93-76(81)61-55-49-43-37-31-26-23-24-28-33-39-45-51-57-69(3)4)68-92-96(85,86)90-64-71(78)63-89-95(83,84)91-67-72(65-87-74(79)59-53-47-41-35-18-16-14-12-10-8-2)94-77(82)62-56-50-44-38-32-27-29-34-40-46-52-58-70(5)6/h69-73,78H,7-68H2,1-6H3,(H,83,84)(H,85,86)/t71-,72+,73+/m0/s1. The second-order valence-electron chi connectivity index (χ2n) is 28.7. The van der Waals surface area contributed by atoms with Crippen LogP contribution in [-0.2, 0) is 65.4 Å². The summed E-state index contributed by atoms with van der Waals surface area (Å²) in [4.78, 5) is 72.9. The average molecular weight is 1410 g/mol. The van der Waals surface area contributed by atoms with E-state index < -0.39 is 97.5 Å². The predicted octanol–water partition coefficient (Wildman–Crippen LogP) is 22.7. The Kier molecular flexibility index (Phi) is 67.4. The molecule has 3 N–H and O–H groups in total. The van der Waals surface area contributed by atoms with E-state index in [0.717, 1.165) is 102 Å². The van der Waals surface area contributed by atoms with Gasteiger partial charge in [-0.15, -0.1) is 0 Å².